The maximum absolute atomic E-state index is 13.6. The van der Waals surface area contributed by atoms with E-state index < -0.39 is 22.5 Å². The van der Waals surface area contributed by atoms with Crippen molar-refractivity contribution in [2.45, 2.75) is 4.90 Å². The molecule has 1 amide bonds. The number of hydrogen-bond donors (Lipinski definition) is 1. The van der Waals surface area contributed by atoms with Gasteiger partial charge in [-0.05, 0) is 35.7 Å². The van der Waals surface area contributed by atoms with Gasteiger partial charge in [0.1, 0.15) is 30.4 Å². The average Bonchev–Trinajstić information content (AvgIpc) is 2.94. The third kappa shape index (κ3) is 5.95. The fraction of sp³-hybridized carbons (Fsp3) is 0.179. The van der Waals surface area contributed by atoms with Crippen LogP contribution >= 0.6 is 0 Å². The lowest BCUT2D eigenvalue weighted by molar-refractivity contribution is -0.119. The van der Waals surface area contributed by atoms with Gasteiger partial charge in [-0.2, -0.15) is 0 Å². The SMILES string of the molecule is COc1ccc(OC)c(N(CC(=O)NCCOc2cccc3ccccc23)S(=O)(=O)c2ccccc2)c1. The molecule has 0 saturated carbocycles. The zero-order valence-electron chi connectivity index (χ0n) is 20.6. The fourth-order valence-electron chi connectivity index (χ4n) is 3.87. The highest BCUT2D eigenvalue weighted by atomic mass is 32.2. The molecule has 0 bridgehead atoms. The molecule has 0 aliphatic rings. The molecule has 0 heterocycles. The summed E-state index contributed by atoms with van der Waals surface area (Å²) in [6, 6.07) is 26.3. The van der Waals surface area contributed by atoms with Crippen molar-refractivity contribution in [3.05, 3.63) is 91.0 Å². The molecular formula is C28H28N2O6S. The van der Waals surface area contributed by atoms with Crippen molar-refractivity contribution in [2.24, 2.45) is 0 Å². The van der Waals surface area contributed by atoms with E-state index in [0.717, 1.165) is 15.1 Å². The number of benzene rings is 4. The highest BCUT2D eigenvalue weighted by molar-refractivity contribution is 7.92. The van der Waals surface area contributed by atoms with Crippen molar-refractivity contribution in [3.8, 4) is 17.2 Å². The van der Waals surface area contributed by atoms with Crippen LogP contribution in [0.4, 0.5) is 5.69 Å². The summed E-state index contributed by atoms with van der Waals surface area (Å²) < 4.78 is 44.8. The van der Waals surface area contributed by atoms with Crippen LogP contribution in [0, 0.1) is 0 Å². The molecule has 9 heteroatoms. The van der Waals surface area contributed by atoms with Gasteiger partial charge in [-0.3, -0.25) is 9.10 Å². The molecule has 0 atom stereocenters. The number of carbonyl (C=O) groups excluding carboxylic acids is 1. The van der Waals surface area contributed by atoms with E-state index in [2.05, 4.69) is 5.32 Å². The number of fused-ring (bicyclic) bond motifs is 1. The first-order valence-electron chi connectivity index (χ1n) is 11.6. The summed E-state index contributed by atoms with van der Waals surface area (Å²) in [5, 5.41) is 4.78. The van der Waals surface area contributed by atoms with Gasteiger partial charge in [0, 0.05) is 11.5 Å². The summed E-state index contributed by atoms with van der Waals surface area (Å²) in [6.07, 6.45) is 0. The maximum Gasteiger partial charge on any atom is 0.264 e. The molecule has 0 aliphatic heterocycles. The predicted molar refractivity (Wildman–Crippen MR) is 143 cm³/mol. The predicted octanol–water partition coefficient (Wildman–Crippen LogP) is 4.25. The Kier molecular flexibility index (Phi) is 8.15. The molecule has 4 aromatic rings. The monoisotopic (exact) mass is 520 g/mol. The third-order valence-electron chi connectivity index (χ3n) is 5.70. The van der Waals surface area contributed by atoms with Crippen LogP contribution in [0.3, 0.4) is 0 Å². The van der Waals surface area contributed by atoms with E-state index in [1.807, 2.05) is 42.5 Å². The number of sulfonamides is 1. The van der Waals surface area contributed by atoms with Crippen molar-refractivity contribution in [2.75, 3.05) is 38.2 Å². The van der Waals surface area contributed by atoms with Crippen LogP contribution in [0.15, 0.2) is 95.9 Å². The molecule has 1 N–H and O–H groups in total. The second kappa shape index (κ2) is 11.7. The Bertz CT molecular complexity index is 1470. The molecule has 192 valence electrons. The molecule has 0 fully saturated rings. The largest absolute Gasteiger partial charge is 0.497 e. The van der Waals surface area contributed by atoms with Gasteiger partial charge < -0.3 is 19.5 Å². The van der Waals surface area contributed by atoms with Gasteiger partial charge in [-0.25, -0.2) is 8.42 Å². The first-order valence-corrected chi connectivity index (χ1v) is 13.0. The molecule has 0 unspecified atom stereocenters. The van der Waals surface area contributed by atoms with Crippen LogP contribution in [0.2, 0.25) is 0 Å². The highest BCUT2D eigenvalue weighted by Gasteiger charge is 2.29. The van der Waals surface area contributed by atoms with Gasteiger partial charge >= 0.3 is 0 Å². The quantitative estimate of drug-likeness (QED) is 0.297. The Labute approximate surface area is 216 Å². The number of anilines is 1. The Balaban J connectivity index is 1.51. The van der Waals surface area contributed by atoms with Gasteiger partial charge in [-0.15, -0.1) is 0 Å². The molecule has 37 heavy (non-hydrogen) atoms. The number of nitrogens with zero attached hydrogens (tertiary/aromatic N) is 1. The lowest BCUT2D eigenvalue weighted by Crippen LogP contribution is -2.42. The first kappa shape index (κ1) is 25.8. The summed E-state index contributed by atoms with van der Waals surface area (Å²) in [5.74, 6) is 0.924. The minimum Gasteiger partial charge on any atom is -0.497 e. The van der Waals surface area contributed by atoms with Crippen molar-refractivity contribution < 1.29 is 27.4 Å². The standard InChI is InChI=1S/C28H28N2O6S/c1-34-22-15-16-27(35-2)25(19-22)30(37(32,33)23-11-4-3-5-12-23)20-28(31)29-17-18-36-26-14-8-10-21-9-6-7-13-24(21)26/h3-16,19H,17-18,20H2,1-2H3,(H,29,31). The van der Waals surface area contributed by atoms with Gasteiger partial charge in [0.2, 0.25) is 5.91 Å². The molecular weight excluding hydrogens is 492 g/mol. The summed E-state index contributed by atoms with van der Waals surface area (Å²) in [5.41, 5.74) is 0.188. The topological polar surface area (TPSA) is 94.2 Å². The number of hydrogen-bond acceptors (Lipinski definition) is 6. The second-order valence-corrected chi connectivity index (χ2v) is 9.90. The van der Waals surface area contributed by atoms with Crippen molar-refractivity contribution in [1.29, 1.82) is 0 Å². The van der Waals surface area contributed by atoms with E-state index in [1.165, 1.54) is 32.4 Å². The third-order valence-corrected chi connectivity index (χ3v) is 7.48. The Morgan fingerprint density at radius 1 is 0.838 bits per heavy atom. The fourth-order valence-corrected chi connectivity index (χ4v) is 5.31. The van der Waals surface area contributed by atoms with Gasteiger partial charge in [0.25, 0.3) is 10.0 Å². The van der Waals surface area contributed by atoms with Crippen LogP contribution < -0.4 is 23.8 Å². The van der Waals surface area contributed by atoms with E-state index >= 15 is 0 Å². The summed E-state index contributed by atoms with van der Waals surface area (Å²) in [4.78, 5) is 13.0. The first-order chi connectivity index (χ1) is 17.9. The number of rotatable bonds is 11. The number of amides is 1. The molecule has 0 saturated heterocycles. The van der Waals surface area contributed by atoms with Crippen molar-refractivity contribution >= 4 is 32.4 Å². The molecule has 4 aromatic carbocycles. The lowest BCUT2D eigenvalue weighted by Gasteiger charge is -2.26. The molecule has 8 nitrogen and oxygen atoms in total. The van der Waals surface area contributed by atoms with Gasteiger partial charge in [0.15, 0.2) is 0 Å². The van der Waals surface area contributed by atoms with Crippen LogP contribution in [-0.2, 0) is 14.8 Å². The van der Waals surface area contributed by atoms with Crippen LogP contribution in [0.1, 0.15) is 0 Å². The Hall–Kier alpha value is -4.24. The zero-order chi connectivity index (χ0) is 26.3. The van der Waals surface area contributed by atoms with Crippen LogP contribution in [0.25, 0.3) is 10.8 Å². The van der Waals surface area contributed by atoms with E-state index in [0.29, 0.717) is 11.5 Å². The molecule has 4 rings (SSSR count). The molecule has 0 aliphatic carbocycles. The van der Waals surface area contributed by atoms with Gasteiger partial charge in [0.05, 0.1) is 31.3 Å². The number of carbonyl (C=O) groups is 1. The summed E-state index contributed by atoms with van der Waals surface area (Å²) in [6.45, 7) is -0.0563. The van der Waals surface area contributed by atoms with Gasteiger partial charge in [-0.1, -0.05) is 54.6 Å². The number of methoxy groups -OCH3 is 2. The summed E-state index contributed by atoms with van der Waals surface area (Å²) in [7, 11) is -1.19. The van der Waals surface area contributed by atoms with E-state index in [1.54, 1.807) is 30.3 Å². The summed E-state index contributed by atoms with van der Waals surface area (Å²) >= 11 is 0. The average molecular weight is 521 g/mol. The lowest BCUT2D eigenvalue weighted by atomic mass is 10.1. The highest BCUT2D eigenvalue weighted by Crippen LogP contribution is 2.35. The maximum atomic E-state index is 13.6. The van der Waals surface area contributed by atoms with E-state index in [-0.39, 0.29) is 29.5 Å². The van der Waals surface area contributed by atoms with E-state index in [9.17, 15) is 13.2 Å². The van der Waals surface area contributed by atoms with E-state index in [4.69, 9.17) is 14.2 Å². The van der Waals surface area contributed by atoms with Crippen molar-refractivity contribution in [3.63, 3.8) is 0 Å². The van der Waals surface area contributed by atoms with Crippen LogP contribution in [-0.4, -0.2) is 48.2 Å². The molecule has 0 aromatic heterocycles. The minimum atomic E-state index is -4.10. The smallest absolute Gasteiger partial charge is 0.264 e. The molecule has 0 radical (unpaired) electrons. The minimum absolute atomic E-state index is 0.0481. The van der Waals surface area contributed by atoms with Crippen molar-refractivity contribution in [1.82, 2.24) is 5.32 Å². The normalized spacial score (nSPS) is 11.1. The molecule has 0 spiro atoms. The number of ether oxygens (including phenoxy) is 3. The zero-order valence-corrected chi connectivity index (χ0v) is 21.4. The Morgan fingerprint density at radius 3 is 2.32 bits per heavy atom. The number of nitrogens with one attached hydrogen (secondary N) is 1. The second-order valence-electron chi connectivity index (χ2n) is 8.04. The van der Waals surface area contributed by atoms with Crippen LogP contribution in [0.5, 0.6) is 17.2 Å². The Morgan fingerprint density at radius 2 is 1.57 bits per heavy atom.